The lowest BCUT2D eigenvalue weighted by Crippen LogP contribution is -1.96. The predicted octanol–water partition coefficient (Wildman–Crippen LogP) is 15.5. The van der Waals surface area contributed by atoms with Crippen LogP contribution in [-0.4, -0.2) is 11.6 Å². The molecule has 1 heterocycles. The summed E-state index contributed by atoms with van der Waals surface area (Å²) < 4.78 is 2.39. The summed E-state index contributed by atoms with van der Waals surface area (Å²) in [4.78, 5) is 0. The number of nitrogens with zero attached hydrogens (tertiary/aromatic N) is 1. The van der Waals surface area contributed by atoms with Crippen molar-refractivity contribution in [2.24, 2.45) is 0 Å². The van der Waals surface area contributed by atoms with E-state index in [1.165, 1.54) is 104 Å². The van der Waals surface area contributed by atoms with E-state index in [-0.39, 0.29) is 0 Å². The topological polar surface area (TPSA) is 17.0 Å². The lowest BCUT2D eigenvalue weighted by Gasteiger charge is -2.16. The zero-order chi connectivity index (χ0) is 38.7. The molecule has 3 aliphatic carbocycles. The maximum Gasteiger partial charge on any atom is 0.0561 e. The number of allylic oxidation sites excluding steroid dienone is 12. The zero-order valence-corrected chi connectivity index (χ0v) is 33.4. The molecule has 1 N–H and O–H groups in total. The third-order valence-electron chi connectivity index (χ3n) is 10.9. The van der Waals surface area contributed by atoms with E-state index in [2.05, 4.69) is 193 Å². The molecule has 6 aromatic carbocycles. The Balaban J connectivity index is 0.000000147. The highest BCUT2D eigenvalue weighted by Gasteiger charge is 2.15. The zero-order valence-electron chi connectivity index (χ0n) is 33.4. The lowest BCUT2D eigenvalue weighted by atomic mass is 9.90. The Bertz CT molecular complexity index is 2640. The number of hydrogen-bond donors (Lipinski definition) is 1. The van der Waals surface area contributed by atoms with Crippen molar-refractivity contribution < 1.29 is 0 Å². The Kier molecular flexibility index (Phi) is 12.6. The molecule has 1 aromatic heterocycles. The van der Waals surface area contributed by atoms with Crippen LogP contribution < -0.4 is 5.32 Å². The van der Waals surface area contributed by atoms with Crippen LogP contribution in [0.2, 0.25) is 0 Å². The van der Waals surface area contributed by atoms with Gasteiger partial charge in [0.05, 0.1) is 11.0 Å². The van der Waals surface area contributed by atoms with E-state index in [1.807, 2.05) is 20.9 Å². The first-order valence-corrected chi connectivity index (χ1v) is 20.4. The second-order valence-electron chi connectivity index (χ2n) is 14.4. The molecule has 10 rings (SSSR count). The molecule has 0 saturated carbocycles. The average molecular weight is 731 g/mol. The number of fused-ring (bicyclic) bond motifs is 6. The van der Waals surface area contributed by atoms with E-state index >= 15 is 0 Å². The molecule has 2 nitrogen and oxygen atoms in total. The Hall–Kier alpha value is -6.12. The first-order chi connectivity index (χ1) is 27.7. The number of anilines is 1. The number of benzene rings is 6. The van der Waals surface area contributed by atoms with Crippen molar-refractivity contribution in [3.05, 3.63) is 198 Å². The molecule has 2 heteroatoms. The Morgan fingerprint density at radius 2 is 1.16 bits per heavy atom. The van der Waals surface area contributed by atoms with Crippen molar-refractivity contribution in [3.63, 3.8) is 0 Å². The normalized spacial score (nSPS) is 14.6. The smallest absolute Gasteiger partial charge is 0.0561 e. The summed E-state index contributed by atoms with van der Waals surface area (Å²) in [6.07, 6.45) is 25.1. The summed E-state index contributed by atoms with van der Waals surface area (Å²) in [6, 6.07) is 45.6. The van der Waals surface area contributed by atoms with Crippen molar-refractivity contribution in [3.8, 4) is 5.69 Å². The fourth-order valence-corrected chi connectivity index (χ4v) is 7.91. The molecule has 56 heavy (non-hydrogen) atoms. The van der Waals surface area contributed by atoms with E-state index in [1.54, 1.807) is 11.1 Å². The van der Waals surface area contributed by atoms with Crippen molar-refractivity contribution in [2.75, 3.05) is 12.4 Å². The summed E-state index contributed by atoms with van der Waals surface area (Å²) in [5, 5.41) is 11.0. The third kappa shape index (κ3) is 8.56. The summed E-state index contributed by atoms with van der Waals surface area (Å²) in [7, 11) is 1.97. The van der Waals surface area contributed by atoms with Gasteiger partial charge in [-0.2, -0.15) is 0 Å². The molecule has 7 aromatic rings. The summed E-state index contributed by atoms with van der Waals surface area (Å²) >= 11 is 0. The summed E-state index contributed by atoms with van der Waals surface area (Å²) in [5.41, 5.74) is 12.2. The van der Waals surface area contributed by atoms with Crippen LogP contribution in [-0.2, 0) is 0 Å². The summed E-state index contributed by atoms with van der Waals surface area (Å²) in [6.45, 7) is 6.21. The maximum atomic E-state index is 3.30. The highest BCUT2D eigenvalue weighted by atomic mass is 15.0. The predicted molar refractivity (Wildman–Crippen MR) is 247 cm³/mol. The van der Waals surface area contributed by atoms with Crippen molar-refractivity contribution in [2.45, 2.75) is 59.3 Å². The van der Waals surface area contributed by atoms with Gasteiger partial charge >= 0.3 is 0 Å². The largest absolute Gasteiger partial charge is 0.388 e. The van der Waals surface area contributed by atoms with Crippen LogP contribution >= 0.6 is 0 Å². The van der Waals surface area contributed by atoms with Gasteiger partial charge in [-0.05, 0) is 120 Å². The molecule has 0 radical (unpaired) electrons. The van der Waals surface area contributed by atoms with Gasteiger partial charge in [0.25, 0.3) is 0 Å². The van der Waals surface area contributed by atoms with Gasteiger partial charge < -0.3 is 9.88 Å². The highest BCUT2D eigenvalue weighted by molar-refractivity contribution is 6.21. The molecular weight excluding hydrogens is 677 g/mol. The molecule has 3 aliphatic rings. The van der Waals surface area contributed by atoms with Crippen LogP contribution in [0.5, 0.6) is 0 Å². The van der Waals surface area contributed by atoms with Crippen LogP contribution in [0.1, 0.15) is 64.9 Å². The van der Waals surface area contributed by atoms with Gasteiger partial charge in [0.2, 0.25) is 0 Å². The lowest BCUT2D eigenvalue weighted by molar-refractivity contribution is 0.870. The molecule has 0 saturated heterocycles. The van der Waals surface area contributed by atoms with Crippen molar-refractivity contribution in [1.82, 2.24) is 4.57 Å². The minimum absolute atomic E-state index is 1.12. The number of aromatic nitrogens is 1. The van der Waals surface area contributed by atoms with Crippen LogP contribution in [0.15, 0.2) is 193 Å². The Morgan fingerprint density at radius 1 is 0.500 bits per heavy atom. The van der Waals surface area contributed by atoms with Crippen LogP contribution in [0, 0.1) is 0 Å². The Labute approximate surface area is 333 Å². The summed E-state index contributed by atoms with van der Waals surface area (Å²) in [5.74, 6) is 0. The van der Waals surface area contributed by atoms with Gasteiger partial charge in [-0.3, -0.25) is 0 Å². The molecule has 0 unspecified atom stereocenters. The standard InChI is InChI=1S/C27H20N2.C13H16.C12H12.C2H6/c1-28-21-12-14-24-26(17-21)29(22-13-10-18-6-2-3-8-20(18)16-22)25-15-11-19-7-4-5-9-23(19)27(24)25;1-11-7-9-13(10-8-11)12-5-3-2-4-6-12;1-3-7-11(8-4-1)12-9-5-2-6-10-12;1-2/h2-17,28H,1H3;2-3,5,7,9H,4,6,8,10H2,1H3;1-5,7-9H,6,10H2;1-2H3. The van der Waals surface area contributed by atoms with Crippen LogP contribution in [0.3, 0.4) is 0 Å². The second kappa shape index (κ2) is 18.5. The quantitative estimate of drug-likeness (QED) is 0.191. The van der Waals surface area contributed by atoms with Gasteiger partial charge in [0, 0.05) is 29.2 Å². The number of rotatable bonds is 4. The monoisotopic (exact) mass is 730 g/mol. The Morgan fingerprint density at radius 3 is 1.86 bits per heavy atom. The number of hydrogen-bond acceptors (Lipinski definition) is 1. The maximum absolute atomic E-state index is 3.30. The minimum atomic E-state index is 1.12. The first-order valence-electron chi connectivity index (χ1n) is 20.4. The minimum Gasteiger partial charge on any atom is -0.388 e. The van der Waals surface area contributed by atoms with E-state index in [4.69, 9.17) is 0 Å². The molecule has 0 fully saturated rings. The fraction of sp³-hybridized carbons (Fsp3) is 0.185. The molecule has 0 amide bonds. The SMILES string of the molecule is C1=CCCC(c2ccccc2)=C1.CC.CC1=CC=C(C2=CC=CCC2)CC1.CNc1ccc2c3c4ccccc4ccc3n(-c3ccc4ccccc4c3)c2c1. The van der Waals surface area contributed by atoms with E-state index in [0.29, 0.717) is 0 Å². The third-order valence-corrected chi connectivity index (χ3v) is 10.9. The fourth-order valence-electron chi connectivity index (χ4n) is 7.91. The molecule has 0 spiro atoms. The average Bonchev–Trinajstić information content (AvgIpc) is 3.62. The van der Waals surface area contributed by atoms with E-state index in [9.17, 15) is 0 Å². The van der Waals surface area contributed by atoms with E-state index < -0.39 is 0 Å². The highest BCUT2D eigenvalue weighted by Crippen LogP contribution is 2.38. The van der Waals surface area contributed by atoms with Crippen molar-refractivity contribution >= 4 is 54.6 Å². The molecule has 0 atom stereocenters. The first kappa shape index (κ1) is 38.2. The second-order valence-corrected chi connectivity index (χ2v) is 14.4. The molecule has 0 bridgehead atoms. The molecule has 0 aliphatic heterocycles. The van der Waals surface area contributed by atoms with Gasteiger partial charge in [-0.1, -0.05) is 165 Å². The van der Waals surface area contributed by atoms with Gasteiger partial charge in [-0.15, -0.1) is 0 Å². The van der Waals surface area contributed by atoms with Gasteiger partial charge in [0.15, 0.2) is 0 Å². The van der Waals surface area contributed by atoms with Crippen molar-refractivity contribution in [1.29, 1.82) is 0 Å². The van der Waals surface area contributed by atoms with Crippen LogP contribution in [0.25, 0.3) is 54.6 Å². The van der Waals surface area contributed by atoms with Gasteiger partial charge in [-0.25, -0.2) is 0 Å². The number of nitrogens with one attached hydrogen (secondary N) is 1. The van der Waals surface area contributed by atoms with Crippen LogP contribution in [0.4, 0.5) is 5.69 Å². The molecule has 280 valence electrons. The van der Waals surface area contributed by atoms with E-state index in [0.717, 1.165) is 5.69 Å². The van der Waals surface area contributed by atoms with Gasteiger partial charge in [0.1, 0.15) is 0 Å². The molecular formula is C54H54N2.